The van der Waals surface area contributed by atoms with Crippen molar-refractivity contribution in [1.29, 1.82) is 0 Å². The number of ether oxygens (including phenoxy) is 1. The molecule has 0 radical (unpaired) electrons. The Bertz CT molecular complexity index is 548. The second-order valence-electron chi connectivity index (χ2n) is 4.61. The van der Waals surface area contributed by atoms with Gasteiger partial charge >= 0.3 is 0 Å². The van der Waals surface area contributed by atoms with Gasteiger partial charge in [0.1, 0.15) is 11.9 Å². The van der Waals surface area contributed by atoms with Crippen LogP contribution >= 0.6 is 0 Å². The number of nitrogens with two attached hydrogens (primary N) is 1. The van der Waals surface area contributed by atoms with Gasteiger partial charge in [0, 0.05) is 6.61 Å². The van der Waals surface area contributed by atoms with Gasteiger partial charge in [-0.2, -0.15) is 5.10 Å². The van der Waals surface area contributed by atoms with E-state index in [1.165, 1.54) is 12.1 Å². The summed E-state index contributed by atoms with van der Waals surface area (Å²) in [6, 6.07) is 5.57. The van der Waals surface area contributed by atoms with Crippen LogP contribution in [0.1, 0.15) is 42.2 Å². The zero-order valence-electron chi connectivity index (χ0n) is 10.3. The molecule has 1 saturated heterocycles. The number of aromatic amines is 1. The fourth-order valence-electron chi connectivity index (χ4n) is 2.18. The number of H-pyrrole nitrogens is 1. The Morgan fingerprint density at radius 2 is 2.16 bits per heavy atom. The third-order valence-corrected chi connectivity index (χ3v) is 3.26. The SMILES string of the molecule is N[C@H](c1ccc(F)cc1)c1n[nH]c([C@H]2CCCO2)n1. The molecule has 1 aliphatic rings. The van der Waals surface area contributed by atoms with E-state index < -0.39 is 6.04 Å². The van der Waals surface area contributed by atoms with Gasteiger partial charge in [0.25, 0.3) is 0 Å². The number of hydrogen-bond donors (Lipinski definition) is 2. The molecule has 0 spiro atoms. The first-order chi connectivity index (χ1) is 9.24. The normalized spacial score (nSPS) is 20.6. The number of aromatic nitrogens is 3. The molecule has 0 amide bonds. The standard InChI is InChI=1S/C13H15FN4O/c14-9-5-3-8(4-6-9)11(15)13-16-12(17-18-13)10-2-1-7-19-10/h3-6,10-11H,1-2,7,15H2,(H,16,17,18)/t10-,11-/m1/s1. The topological polar surface area (TPSA) is 76.8 Å². The maximum Gasteiger partial charge on any atom is 0.171 e. The van der Waals surface area contributed by atoms with Crippen molar-refractivity contribution in [2.24, 2.45) is 5.73 Å². The largest absolute Gasteiger partial charge is 0.370 e. The van der Waals surface area contributed by atoms with Crippen molar-refractivity contribution in [1.82, 2.24) is 15.2 Å². The highest BCUT2D eigenvalue weighted by molar-refractivity contribution is 5.24. The van der Waals surface area contributed by atoms with Crippen LogP contribution in [0.5, 0.6) is 0 Å². The molecule has 0 saturated carbocycles. The molecule has 1 aromatic carbocycles. The molecule has 1 aliphatic heterocycles. The number of nitrogens with zero attached hydrogens (tertiary/aromatic N) is 2. The van der Waals surface area contributed by atoms with Crippen molar-refractivity contribution >= 4 is 0 Å². The van der Waals surface area contributed by atoms with E-state index in [0.29, 0.717) is 11.6 Å². The number of rotatable bonds is 3. The van der Waals surface area contributed by atoms with Crippen LogP contribution in [0.4, 0.5) is 4.39 Å². The molecule has 2 heterocycles. The molecule has 6 heteroatoms. The molecule has 19 heavy (non-hydrogen) atoms. The third kappa shape index (κ3) is 2.50. The Hall–Kier alpha value is -1.79. The third-order valence-electron chi connectivity index (χ3n) is 3.26. The summed E-state index contributed by atoms with van der Waals surface area (Å²) >= 11 is 0. The van der Waals surface area contributed by atoms with Gasteiger partial charge in [0.05, 0.1) is 6.04 Å². The van der Waals surface area contributed by atoms with Crippen molar-refractivity contribution in [3.8, 4) is 0 Å². The van der Waals surface area contributed by atoms with Crippen LogP contribution in [-0.2, 0) is 4.74 Å². The highest BCUT2D eigenvalue weighted by Crippen LogP contribution is 2.26. The summed E-state index contributed by atoms with van der Waals surface area (Å²) in [7, 11) is 0. The summed E-state index contributed by atoms with van der Waals surface area (Å²) in [5.41, 5.74) is 6.85. The van der Waals surface area contributed by atoms with E-state index in [2.05, 4.69) is 15.2 Å². The Kier molecular flexibility index (Phi) is 3.27. The zero-order chi connectivity index (χ0) is 13.2. The molecule has 0 unspecified atom stereocenters. The average molecular weight is 262 g/mol. The average Bonchev–Trinajstić information content (AvgIpc) is 3.10. The monoisotopic (exact) mass is 262 g/mol. The predicted molar refractivity (Wildman–Crippen MR) is 66.7 cm³/mol. The summed E-state index contributed by atoms with van der Waals surface area (Å²) < 4.78 is 18.4. The van der Waals surface area contributed by atoms with Gasteiger partial charge in [-0.25, -0.2) is 9.37 Å². The van der Waals surface area contributed by atoms with E-state index in [0.717, 1.165) is 25.0 Å². The molecule has 100 valence electrons. The van der Waals surface area contributed by atoms with Crippen LogP contribution in [0.25, 0.3) is 0 Å². The Morgan fingerprint density at radius 1 is 1.37 bits per heavy atom. The zero-order valence-corrected chi connectivity index (χ0v) is 10.3. The maximum absolute atomic E-state index is 12.9. The van der Waals surface area contributed by atoms with Gasteiger partial charge in [-0.1, -0.05) is 12.1 Å². The maximum atomic E-state index is 12.9. The fourth-order valence-corrected chi connectivity index (χ4v) is 2.18. The summed E-state index contributed by atoms with van der Waals surface area (Å²) in [6.07, 6.45) is 1.96. The molecule has 0 bridgehead atoms. The van der Waals surface area contributed by atoms with E-state index >= 15 is 0 Å². The van der Waals surface area contributed by atoms with Crippen molar-refractivity contribution in [3.63, 3.8) is 0 Å². The molecular formula is C13H15FN4O. The lowest BCUT2D eigenvalue weighted by molar-refractivity contribution is 0.105. The lowest BCUT2D eigenvalue weighted by Gasteiger charge is -2.07. The Balaban J connectivity index is 1.79. The van der Waals surface area contributed by atoms with Gasteiger partial charge in [-0.05, 0) is 30.5 Å². The van der Waals surface area contributed by atoms with Crippen molar-refractivity contribution < 1.29 is 9.13 Å². The van der Waals surface area contributed by atoms with Gasteiger partial charge in [0.15, 0.2) is 11.6 Å². The van der Waals surface area contributed by atoms with Gasteiger partial charge in [-0.15, -0.1) is 0 Å². The number of benzene rings is 1. The molecule has 2 aromatic rings. The number of nitrogens with one attached hydrogen (secondary N) is 1. The van der Waals surface area contributed by atoms with Crippen molar-refractivity contribution in [2.75, 3.05) is 6.61 Å². The Morgan fingerprint density at radius 3 is 2.84 bits per heavy atom. The quantitative estimate of drug-likeness (QED) is 0.885. The molecule has 3 N–H and O–H groups in total. The summed E-state index contributed by atoms with van der Waals surface area (Å²) in [4.78, 5) is 4.38. The van der Waals surface area contributed by atoms with E-state index in [1.54, 1.807) is 12.1 Å². The lowest BCUT2D eigenvalue weighted by Crippen LogP contribution is -2.13. The van der Waals surface area contributed by atoms with Crippen LogP contribution < -0.4 is 5.73 Å². The minimum atomic E-state index is -0.466. The smallest absolute Gasteiger partial charge is 0.171 e. The van der Waals surface area contributed by atoms with Gasteiger partial charge in [0.2, 0.25) is 0 Å². The molecule has 5 nitrogen and oxygen atoms in total. The molecule has 0 aliphatic carbocycles. The van der Waals surface area contributed by atoms with Crippen molar-refractivity contribution in [3.05, 3.63) is 47.3 Å². The molecular weight excluding hydrogens is 247 g/mol. The van der Waals surface area contributed by atoms with E-state index in [9.17, 15) is 4.39 Å². The molecule has 3 rings (SSSR count). The second kappa shape index (κ2) is 5.07. The van der Waals surface area contributed by atoms with Crippen molar-refractivity contribution in [2.45, 2.75) is 25.0 Å². The van der Waals surface area contributed by atoms with Gasteiger partial charge < -0.3 is 10.5 Å². The first kappa shape index (κ1) is 12.3. The van der Waals surface area contributed by atoms with Crippen LogP contribution in [0, 0.1) is 5.82 Å². The second-order valence-corrected chi connectivity index (χ2v) is 4.61. The van der Waals surface area contributed by atoms with Crippen LogP contribution in [0.2, 0.25) is 0 Å². The summed E-state index contributed by atoms with van der Waals surface area (Å²) in [5, 5.41) is 6.99. The minimum absolute atomic E-state index is 0.0123. The molecule has 1 aromatic heterocycles. The van der Waals surface area contributed by atoms with Crippen LogP contribution in [-0.4, -0.2) is 21.8 Å². The highest BCUT2D eigenvalue weighted by Gasteiger charge is 2.23. The fraction of sp³-hybridized carbons (Fsp3) is 0.385. The minimum Gasteiger partial charge on any atom is -0.370 e. The highest BCUT2D eigenvalue weighted by atomic mass is 19.1. The number of halogens is 1. The number of hydrogen-bond acceptors (Lipinski definition) is 4. The Labute approximate surface area is 110 Å². The molecule has 2 atom stereocenters. The van der Waals surface area contributed by atoms with Gasteiger partial charge in [-0.3, -0.25) is 5.10 Å². The van der Waals surface area contributed by atoms with E-state index in [-0.39, 0.29) is 11.9 Å². The van der Waals surface area contributed by atoms with Crippen LogP contribution in [0.15, 0.2) is 24.3 Å². The first-order valence-corrected chi connectivity index (χ1v) is 6.29. The predicted octanol–water partition coefficient (Wildman–Crippen LogP) is 1.84. The summed E-state index contributed by atoms with van der Waals surface area (Å²) in [5.74, 6) is 0.924. The summed E-state index contributed by atoms with van der Waals surface area (Å²) in [6.45, 7) is 0.755. The van der Waals surface area contributed by atoms with E-state index in [1.807, 2.05) is 0 Å². The van der Waals surface area contributed by atoms with E-state index in [4.69, 9.17) is 10.5 Å². The lowest BCUT2D eigenvalue weighted by atomic mass is 10.1. The molecule has 1 fully saturated rings. The van der Waals surface area contributed by atoms with Crippen LogP contribution in [0.3, 0.4) is 0 Å². The first-order valence-electron chi connectivity index (χ1n) is 6.29.